The maximum atomic E-state index is 12.9. The normalized spacial score (nSPS) is 11.2. The number of rotatable bonds is 5. The lowest BCUT2D eigenvalue weighted by Crippen LogP contribution is -2.12. The molecule has 3 rings (SSSR count). The van der Waals surface area contributed by atoms with E-state index in [1.165, 1.54) is 17.7 Å². The van der Waals surface area contributed by atoms with Gasteiger partial charge in [-0.1, -0.05) is 42.5 Å². The average molecular weight is 341 g/mol. The highest BCUT2D eigenvalue weighted by atomic mass is 32.2. The summed E-state index contributed by atoms with van der Waals surface area (Å²) in [5, 5.41) is 0. The summed E-state index contributed by atoms with van der Waals surface area (Å²) in [6.07, 6.45) is 0.784. The number of anilines is 1. The van der Waals surface area contributed by atoms with Crippen molar-refractivity contribution in [1.82, 2.24) is 0 Å². The van der Waals surface area contributed by atoms with Crippen molar-refractivity contribution in [2.45, 2.75) is 11.3 Å². The maximum Gasteiger partial charge on any atom is 0.261 e. The second kappa shape index (κ2) is 6.84. The summed E-state index contributed by atoms with van der Waals surface area (Å²) in [5.41, 5.74) is 2.75. The number of halogens is 1. The van der Waals surface area contributed by atoms with Crippen LogP contribution in [0.25, 0.3) is 0 Å². The molecule has 0 aliphatic heterocycles. The van der Waals surface area contributed by atoms with Crippen molar-refractivity contribution in [3.8, 4) is 0 Å². The van der Waals surface area contributed by atoms with Gasteiger partial charge < -0.3 is 0 Å². The van der Waals surface area contributed by atoms with E-state index in [-0.39, 0.29) is 4.90 Å². The molecule has 24 heavy (non-hydrogen) atoms. The van der Waals surface area contributed by atoms with Crippen LogP contribution in [0.2, 0.25) is 0 Å². The van der Waals surface area contributed by atoms with E-state index in [1.54, 1.807) is 12.1 Å². The smallest absolute Gasteiger partial charge is 0.261 e. The molecule has 0 saturated carbocycles. The van der Waals surface area contributed by atoms with Crippen LogP contribution in [0, 0.1) is 5.82 Å². The van der Waals surface area contributed by atoms with Crippen LogP contribution in [0.3, 0.4) is 0 Å². The Hall–Kier alpha value is -2.66. The zero-order valence-electron chi connectivity index (χ0n) is 12.8. The first-order valence-corrected chi connectivity index (χ1v) is 8.92. The molecule has 122 valence electrons. The van der Waals surface area contributed by atoms with Crippen LogP contribution in [-0.4, -0.2) is 8.42 Å². The average Bonchev–Trinajstić information content (AvgIpc) is 2.58. The monoisotopic (exact) mass is 341 g/mol. The summed E-state index contributed by atoms with van der Waals surface area (Å²) < 4.78 is 39.9. The van der Waals surface area contributed by atoms with Gasteiger partial charge in [-0.05, 0) is 53.9 Å². The Labute approximate surface area is 140 Å². The number of sulfonamides is 1. The minimum atomic E-state index is -3.72. The predicted octanol–water partition coefficient (Wildman–Crippen LogP) is 4.22. The Kier molecular flexibility index (Phi) is 4.62. The molecule has 3 nitrogen and oxygen atoms in total. The zero-order chi connectivity index (χ0) is 17.0. The van der Waals surface area contributed by atoms with Crippen LogP contribution in [0.4, 0.5) is 10.1 Å². The van der Waals surface area contributed by atoms with Crippen LogP contribution in [0.1, 0.15) is 11.1 Å². The summed E-state index contributed by atoms with van der Waals surface area (Å²) in [6, 6.07) is 22.0. The largest absolute Gasteiger partial charge is 0.280 e. The molecule has 0 aromatic heterocycles. The molecule has 0 unspecified atom stereocenters. The quantitative estimate of drug-likeness (QED) is 0.755. The maximum absolute atomic E-state index is 12.9. The molecule has 0 saturated heterocycles. The van der Waals surface area contributed by atoms with E-state index >= 15 is 0 Å². The van der Waals surface area contributed by atoms with Gasteiger partial charge in [-0.2, -0.15) is 0 Å². The molecule has 0 spiro atoms. The predicted molar refractivity (Wildman–Crippen MR) is 92.9 cm³/mol. The number of benzene rings is 3. The third-order valence-electron chi connectivity index (χ3n) is 3.58. The van der Waals surface area contributed by atoms with E-state index < -0.39 is 15.8 Å². The van der Waals surface area contributed by atoms with Gasteiger partial charge in [-0.25, -0.2) is 12.8 Å². The first-order valence-electron chi connectivity index (χ1n) is 7.44. The Balaban J connectivity index is 1.73. The summed E-state index contributed by atoms with van der Waals surface area (Å²) in [5.74, 6) is -0.473. The number of hydrogen-bond donors (Lipinski definition) is 1. The molecule has 0 fully saturated rings. The molecule has 0 amide bonds. The standard InChI is InChI=1S/C19H16FNO2S/c20-17-8-12-19(13-9-17)24(22,23)21-18-10-6-16(7-11-18)14-15-4-2-1-3-5-15/h1-13,21H,14H2. The van der Waals surface area contributed by atoms with Crippen LogP contribution in [-0.2, 0) is 16.4 Å². The van der Waals surface area contributed by atoms with E-state index in [9.17, 15) is 12.8 Å². The lowest BCUT2D eigenvalue weighted by Gasteiger charge is -2.09. The second-order valence-corrected chi connectivity index (χ2v) is 7.10. The van der Waals surface area contributed by atoms with Crippen molar-refractivity contribution < 1.29 is 12.8 Å². The van der Waals surface area contributed by atoms with Crippen LogP contribution < -0.4 is 4.72 Å². The molecule has 3 aromatic rings. The molecule has 0 heterocycles. The SMILES string of the molecule is O=S(=O)(Nc1ccc(Cc2ccccc2)cc1)c1ccc(F)cc1. The third kappa shape index (κ3) is 4.00. The van der Waals surface area contributed by atoms with Gasteiger partial charge >= 0.3 is 0 Å². The zero-order valence-corrected chi connectivity index (χ0v) is 13.6. The van der Waals surface area contributed by atoms with Gasteiger partial charge in [-0.15, -0.1) is 0 Å². The third-order valence-corrected chi connectivity index (χ3v) is 4.98. The van der Waals surface area contributed by atoms with E-state index in [0.29, 0.717) is 5.69 Å². The summed E-state index contributed by atoms with van der Waals surface area (Å²) in [6.45, 7) is 0. The van der Waals surface area contributed by atoms with Gasteiger partial charge in [0, 0.05) is 5.69 Å². The molecular formula is C19H16FNO2S. The molecule has 1 N–H and O–H groups in total. The molecule has 3 aromatic carbocycles. The van der Waals surface area contributed by atoms with E-state index in [4.69, 9.17) is 0 Å². The molecular weight excluding hydrogens is 325 g/mol. The summed E-state index contributed by atoms with van der Waals surface area (Å²) in [4.78, 5) is 0.0252. The second-order valence-electron chi connectivity index (χ2n) is 5.42. The lowest BCUT2D eigenvalue weighted by molar-refractivity contribution is 0.599. The highest BCUT2D eigenvalue weighted by molar-refractivity contribution is 7.92. The van der Waals surface area contributed by atoms with Gasteiger partial charge in [0.2, 0.25) is 0 Å². The van der Waals surface area contributed by atoms with Crippen LogP contribution in [0.15, 0.2) is 83.8 Å². The van der Waals surface area contributed by atoms with Gasteiger partial charge in [0.05, 0.1) is 4.90 Å². The van der Waals surface area contributed by atoms with Gasteiger partial charge in [0.25, 0.3) is 10.0 Å². The first kappa shape index (κ1) is 16.2. The van der Waals surface area contributed by atoms with Crippen molar-refractivity contribution >= 4 is 15.7 Å². The Morgan fingerprint density at radius 2 is 1.33 bits per heavy atom. The van der Waals surface area contributed by atoms with Crippen molar-refractivity contribution in [3.63, 3.8) is 0 Å². The molecule has 0 atom stereocenters. The van der Waals surface area contributed by atoms with Crippen molar-refractivity contribution in [2.24, 2.45) is 0 Å². The van der Waals surface area contributed by atoms with Gasteiger partial charge in [0.1, 0.15) is 5.82 Å². The topological polar surface area (TPSA) is 46.2 Å². The summed E-state index contributed by atoms with van der Waals surface area (Å²) in [7, 11) is -3.72. The number of nitrogens with one attached hydrogen (secondary N) is 1. The van der Waals surface area contributed by atoms with Gasteiger partial charge in [-0.3, -0.25) is 4.72 Å². The molecule has 0 aliphatic rings. The fourth-order valence-electron chi connectivity index (χ4n) is 2.35. The minimum Gasteiger partial charge on any atom is -0.280 e. The van der Waals surface area contributed by atoms with Crippen LogP contribution >= 0.6 is 0 Å². The molecule has 0 aliphatic carbocycles. The van der Waals surface area contributed by atoms with Gasteiger partial charge in [0.15, 0.2) is 0 Å². The molecule has 5 heteroatoms. The Bertz CT molecular complexity index is 906. The number of hydrogen-bond acceptors (Lipinski definition) is 2. The molecule has 0 bridgehead atoms. The van der Waals surface area contributed by atoms with Crippen molar-refractivity contribution in [1.29, 1.82) is 0 Å². The Morgan fingerprint density at radius 1 is 0.750 bits per heavy atom. The first-order chi connectivity index (χ1) is 11.5. The minimum absolute atomic E-state index is 0.0252. The van der Waals surface area contributed by atoms with Crippen LogP contribution in [0.5, 0.6) is 0 Å². The van der Waals surface area contributed by atoms with E-state index in [0.717, 1.165) is 24.1 Å². The highest BCUT2D eigenvalue weighted by Gasteiger charge is 2.14. The van der Waals surface area contributed by atoms with Crippen molar-refractivity contribution in [3.05, 3.63) is 95.8 Å². The fraction of sp³-hybridized carbons (Fsp3) is 0.0526. The Morgan fingerprint density at radius 3 is 1.96 bits per heavy atom. The highest BCUT2D eigenvalue weighted by Crippen LogP contribution is 2.18. The molecule has 0 radical (unpaired) electrons. The van der Waals surface area contributed by atoms with E-state index in [2.05, 4.69) is 4.72 Å². The summed E-state index contributed by atoms with van der Waals surface area (Å²) >= 11 is 0. The van der Waals surface area contributed by atoms with Crippen molar-refractivity contribution in [2.75, 3.05) is 4.72 Å². The fourth-order valence-corrected chi connectivity index (χ4v) is 3.41. The van der Waals surface area contributed by atoms with E-state index in [1.807, 2.05) is 42.5 Å². The lowest BCUT2D eigenvalue weighted by atomic mass is 10.1.